The molecule has 0 fully saturated rings. The van der Waals surface area contributed by atoms with Crippen molar-refractivity contribution in [3.05, 3.63) is 12.2 Å². The number of nitrogens with one attached hydrogen (secondary N) is 1. The van der Waals surface area contributed by atoms with Crippen LogP contribution in [0, 0.1) is 0 Å². The van der Waals surface area contributed by atoms with Crippen LogP contribution in [0.15, 0.2) is 12.2 Å². The molecule has 1 amide bonds. The molecular formula is C53H103NO5. The summed E-state index contributed by atoms with van der Waals surface area (Å²) in [6.07, 6.45) is 56.1. The van der Waals surface area contributed by atoms with Crippen molar-refractivity contribution in [2.24, 2.45) is 0 Å². The third-order valence-electron chi connectivity index (χ3n) is 12.3. The predicted octanol–water partition coefficient (Wildman–Crippen LogP) is 15.7. The summed E-state index contributed by atoms with van der Waals surface area (Å²) in [5, 5.41) is 23.3. The molecule has 2 atom stereocenters. The third kappa shape index (κ3) is 45.9. The Hall–Kier alpha value is -1.40. The molecule has 0 rings (SSSR count). The monoisotopic (exact) mass is 834 g/mol. The van der Waals surface area contributed by atoms with E-state index >= 15 is 0 Å². The van der Waals surface area contributed by atoms with Gasteiger partial charge in [0.1, 0.15) is 0 Å². The Morgan fingerprint density at radius 1 is 0.458 bits per heavy atom. The van der Waals surface area contributed by atoms with Crippen LogP contribution in [0.4, 0.5) is 0 Å². The van der Waals surface area contributed by atoms with Crippen molar-refractivity contribution < 1.29 is 24.5 Å². The van der Waals surface area contributed by atoms with Crippen molar-refractivity contribution >= 4 is 11.9 Å². The first-order chi connectivity index (χ1) is 29.0. The lowest BCUT2D eigenvalue weighted by molar-refractivity contribution is -0.143. The van der Waals surface area contributed by atoms with Crippen LogP contribution < -0.4 is 5.32 Å². The molecule has 0 spiro atoms. The average Bonchev–Trinajstić information content (AvgIpc) is 3.24. The van der Waals surface area contributed by atoms with Crippen LogP contribution in [0.25, 0.3) is 0 Å². The number of hydrogen-bond acceptors (Lipinski definition) is 5. The number of amides is 1. The van der Waals surface area contributed by atoms with Crippen LogP contribution in [-0.2, 0) is 14.3 Å². The summed E-state index contributed by atoms with van der Waals surface area (Å²) in [6, 6.07) is -0.561. The van der Waals surface area contributed by atoms with E-state index in [1.807, 2.05) is 0 Å². The van der Waals surface area contributed by atoms with Gasteiger partial charge in [-0.25, -0.2) is 0 Å². The van der Waals surface area contributed by atoms with Crippen molar-refractivity contribution in [1.29, 1.82) is 0 Å². The zero-order valence-electron chi connectivity index (χ0n) is 39.7. The summed E-state index contributed by atoms with van der Waals surface area (Å²) < 4.78 is 5.43. The van der Waals surface area contributed by atoms with Crippen LogP contribution >= 0.6 is 0 Å². The Morgan fingerprint density at radius 3 is 1.20 bits per heavy atom. The van der Waals surface area contributed by atoms with Crippen LogP contribution in [-0.4, -0.2) is 47.4 Å². The molecule has 0 aliphatic rings. The summed E-state index contributed by atoms with van der Waals surface area (Å²) in [6.45, 7) is 4.89. The maximum atomic E-state index is 12.5. The molecule has 6 heteroatoms. The second-order valence-electron chi connectivity index (χ2n) is 18.2. The van der Waals surface area contributed by atoms with Crippen LogP contribution in [0.3, 0.4) is 0 Å². The Balaban J connectivity index is 3.51. The first kappa shape index (κ1) is 57.6. The SMILES string of the molecule is CCCCCCCCCCCCCCCCCCCCCC(O)C(CO)NC(=O)CCCCCCC/C=C\CCCCOC(=O)CCCCCCCCCCCCCC. The third-order valence-corrected chi connectivity index (χ3v) is 12.3. The van der Waals surface area contributed by atoms with E-state index in [9.17, 15) is 19.8 Å². The molecule has 59 heavy (non-hydrogen) atoms. The van der Waals surface area contributed by atoms with Gasteiger partial charge in [0.05, 0.1) is 25.4 Å². The van der Waals surface area contributed by atoms with Crippen molar-refractivity contribution in [3.8, 4) is 0 Å². The minimum atomic E-state index is -0.681. The van der Waals surface area contributed by atoms with E-state index < -0.39 is 12.1 Å². The topological polar surface area (TPSA) is 95.9 Å². The van der Waals surface area contributed by atoms with Crippen molar-refractivity contribution in [3.63, 3.8) is 0 Å². The highest BCUT2D eigenvalue weighted by Crippen LogP contribution is 2.17. The summed E-state index contributed by atoms with van der Waals surface area (Å²) in [4.78, 5) is 24.4. The Bertz CT molecular complexity index is 878. The quantitative estimate of drug-likeness (QED) is 0.0322. The van der Waals surface area contributed by atoms with Crippen LogP contribution in [0.1, 0.15) is 290 Å². The van der Waals surface area contributed by atoms with Crippen molar-refractivity contribution in [2.45, 2.75) is 302 Å². The molecule has 0 aromatic rings. The van der Waals surface area contributed by atoms with Gasteiger partial charge in [0.2, 0.25) is 5.91 Å². The van der Waals surface area contributed by atoms with Crippen LogP contribution in [0.5, 0.6) is 0 Å². The molecule has 6 nitrogen and oxygen atoms in total. The van der Waals surface area contributed by atoms with Crippen molar-refractivity contribution in [2.75, 3.05) is 13.2 Å². The van der Waals surface area contributed by atoms with Gasteiger partial charge in [-0.15, -0.1) is 0 Å². The predicted molar refractivity (Wildman–Crippen MR) is 255 cm³/mol. The highest BCUT2D eigenvalue weighted by atomic mass is 16.5. The molecule has 0 bridgehead atoms. The summed E-state index contributed by atoms with van der Waals surface area (Å²) in [5.41, 5.74) is 0. The number of ether oxygens (including phenoxy) is 1. The van der Waals surface area contributed by atoms with E-state index in [0.717, 1.165) is 77.0 Å². The molecule has 2 unspecified atom stereocenters. The molecule has 0 saturated heterocycles. The smallest absolute Gasteiger partial charge is 0.305 e. The first-order valence-corrected chi connectivity index (χ1v) is 26.4. The van der Waals surface area contributed by atoms with Gasteiger partial charge < -0.3 is 20.3 Å². The summed E-state index contributed by atoms with van der Waals surface area (Å²) in [5.74, 6) is -0.0914. The van der Waals surface area contributed by atoms with E-state index in [2.05, 4.69) is 31.3 Å². The van der Waals surface area contributed by atoms with Gasteiger partial charge in [-0.2, -0.15) is 0 Å². The number of rotatable bonds is 49. The highest BCUT2D eigenvalue weighted by molar-refractivity contribution is 5.76. The van der Waals surface area contributed by atoms with Gasteiger partial charge in [0.25, 0.3) is 0 Å². The maximum Gasteiger partial charge on any atom is 0.305 e. The molecule has 0 saturated carbocycles. The molecule has 0 aliphatic heterocycles. The van der Waals surface area contributed by atoms with Crippen molar-refractivity contribution in [1.82, 2.24) is 5.32 Å². The molecule has 0 heterocycles. The van der Waals surface area contributed by atoms with E-state index in [-0.39, 0.29) is 18.5 Å². The number of carbonyl (C=O) groups is 2. The molecular weight excluding hydrogens is 731 g/mol. The number of aliphatic hydroxyl groups is 2. The second kappa shape index (κ2) is 49.3. The van der Waals surface area contributed by atoms with E-state index in [1.54, 1.807) is 0 Å². The van der Waals surface area contributed by atoms with Gasteiger partial charge in [0.15, 0.2) is 0 Å². The lowest BCUT2D eigenvalue weighted by atomic mass is 10.0. The molecule has 0 aromatic carbocycles. The van der Waals surface area contributed by atoms with Gasteiger partial charge in [-0.1, -0.05) is 238 Å². The maximum absolute atomic E-state index is 12.5. The fourth-order valence-electron chi connectivity index (χ4n) is 8.22. The van der Waals surface area contributed by atoms with E-state index in [1.165, 1.54) is 180 Å². The Kier molecular flexibility index (Phi) is 48.1. The number of esters is 1. The number of hydrogen-bond donors (Lipinski definition) is 3. The largest absolute Gasteiger partial charge is 0.466 e. The normalized spacial score (nSPS) is 12.7. The Labute approximate surface area is 368 Å². The summed E-state index contributed by atoms with van der Waals surface area (Å²) in [7, 11) is 0. The zero-order chi connectivity index (χ0) is 43.0. The zero-order valence-corrected chi connectivity index (χ0v) is 39.7. The molecule has 0 aromatic heterocycles. The van der Waals surface area contributed by atoms with Crippen LogP contribution in [0.2, 0.25) is 0 Å². The minimum absolute atomic E-state index is 0.0299. The first-order valence-electron chi connectivity index (χ1n) is 26.4. The molecule has 0 aliphatic carbocycles. The van der Waals surface area contributed by atoms with Gasteiger partial charge in [0, 0.05) is 12.8 Å². The van der Waals surface area contributed by atoms with Gasteiger partial charge in [-0.05, 0) is 51.4 Å². The van der Waals surface area contributed by atoms with Gasteiger partial charge >= 0.3 is 5.97 Å². The number of aliphatic hydroxyl groups excluding tert-OH is 2. The highest BCUT2D eigenvalue weighted by Gasteiger charge is 2.20. The van der Waals surface area contributed by atoms with Gasteiger partial charge in [-0.3, -0.25) is 9.59 Å². The molecule has 3 N–H and O–H groups in total. The number of carbonyl (C=O) groups excluding carboxylic acids is 2. The lowest BCUT2D eigenvalue weighted by Crippen LogP contribution is -2.45. The fraction of sp³-hybridized carbons (Fsp3) is 0.925. The second-order valence-corrected chi connectivity index (χ2v) is 18.2. The molecule has 0 radical (unpaired) electrons. The summed E-state index contributed by atoms with van der Waals surface area (Å²) >= 11 is 0. The molecule has 350 valence electrons. The average molecular weight is 834 g/mol. The minimum Gasteiger partial charge on any atom is -0.466 e. The standard InChI is InChI=1S/C53H103NO5/c1-3-5-7-9-11-13-15-17-18-19-20-21-22-23-25-29-33-37-41-45-51(56)50(49-55)54-52(57)46-42-38-34-30-26-24-28-32-36-40-44-48-59-53(58)47-43-39-35-31-27-16-14-12-10-8-6-4-2/h28,32,50-51,55-56H,3-27,29-31,33-49H2,1-2H3,(H,54,57)/b32-28-. The Morgan fingerprint density at radius 2 is 0.797 bits per heavy atom. The number of unbranched alkanes of at least 4 members (excludes halogenated alkanes) is 36. The van der Waals surface area contributed by atoms with E-state index in [0.29, 0.717) is 25.9 Å². The van der Waals surface area contributed by atoms with E-state index in [4.69, 9.17) is 4.74 Å². The number of allylic oxidation sites excluding steroid dienone is 2. The lowest BCUT2D eigenvalue weighted by Gasteiger charge is -2.22. The fourth-order valence-corrected chi connectivity index (χ4v) is 8.22.